The van der Waals surface area contributed by atoms with Gasteiger partial charge >= 0.3 is 0 Å². The summed E-state index contributed by atoms with van der Waals surface area (Å²) in [4.78, 5) is 0. The van der Waals surface area contributed by atoms with Crippen molar-refractivity contribution in [3.8, 4) is 0 Å². The molecule has 1 aromatic rings. The highest BCUT2D eigenvalue weighted by molar-refractivity contribution is 5.85. The fourth-order valence-electron chi connectivity index (χ4n) is 1.62. The number of rotatable bonds is 5. The summed E-state index contributed by atoms with van der Waals surface area (Å²) in [7, 11) is 0. The fraction of sp³-hybridized carbons (Fsp3) is 0.500. The Morgan fingerprint density at radius 2 is 1.82 bits per heavy atom. The molecule has 1 aromatic carbocycles. The Kier molecular flexibility index (Phi) is 7.23. The Morgan fingerprint density at radius 1 is 1.18 bits per heavy atom. The van der Waals surface area contributed by atoms with Gasteiger partial charge in [-0.2, -0.15) is 0 Å². The number of hydrogen-bond acceptors (Lipinski definition) is 1. The highest BCUT2D eigenvalue weighted by Gasteiger charge is 2.16. The van der Waals surface area contributed by atoms with Crippen molar-refractivity contribution in [2.75, 3.05) is 0 Å². The van der Waals surface area contributed by atoms with E-state index in [1.54, 1.807) is 0 Å². The molecular weight excluding hydrogens is 251 g/mol. The van der Waals surface area contributed by atoms with Gasteiger partial charge in [-0.15, -0.1) is 12.4 Å². The van der Waals surface area contributed by atoms with E-state index in [1.807, 2.05) is 6.92 Å². The summed E-state index contributed by atoms with van der Waals surface area (Å²) < 4.78 is 39.1. The quantitative estimate of drug-likeness (QED) is 0.631. The van der Waals surface area contributed by atoms with Gasteiger partial charge in [-0.3, -0.25) is 0 Å². The average Bonchev–Trinajstić information content (AvgIpc) is 2.23. The largest absolute Gasteiger partial charge is 0.324 e. The van der Waals surface area contributed by atoms with Gasteiger partial charge in [0.25, 0.3) is 0 Å². The summed E-state index contributed by atoms with van der Waals surface area (Å²) in [6, 6.07) is 0.851. The molecule has 0 aliphatic carbocycles. The predicted molar refractivity (Wildman–Crippen MR) is 64.6 cm³/mol. The number of benzene rings is 1. The van der Waals surface area contributed by atoms with E-state index in [9.17, 15) is 13.2 Å². The van der Waals surface area contributed by atoms with Crippen LogP contribution in [0.2, 0.25) is 0 Å². The normalized spacial score (nSPS) is 12.1. The van der Waals surface area contributed by atoms with Gasteiger partial charge in [-0.05, 0) is 12.5 Å². The lowest BCUT2D eigenvalue weighted by Gasteiger charge is -2.13. The van der Waals surface area contributed by atoms with Crippen LogP contribution in [-0.4, -0.2) is 0 Å². The van der Waals surface area contributed by atoms with Crippen molar-refractivity contribution in [2.45, 2.75) is 38.6 Å². The molecule has 2 N–H and O–H groups in total. The fourth-order valence-corrected chi connectivity index (χ4v) is 1.62. The van der Waals surface area contributed by atoms with Gasteiger partial charge < -0.3 is 5.73 Å². The monoisotopic (exact) mass is 267 g/mol. The van der Waals surface area contributed by atoms with Crippen LogP contribution in [0.4, 0.5) is 13.2 Å². The molecule has 98 valence electrons. The molecule has 0 fully saturated rings. The summed E-state index contributed by atoms with van der Waals surface area (Å²) in [5.74, 6) is -3.01. The molecule has 0 saturated carbocycles. The first-order valence-electron chi connectivity index (χ1n) is 5.46. The Bertz CT molecular complexity index is 358. The molecule has 0 aromatic heterocycles. The van der Waals surface area contributed by atoms with Crippen molar-refractivity contribution < 1.29 is 13.2 Å². The smallest absolute Gasteiger partial charge is 0.163 e. The Hall–Kier alpha value is -0.740. The standard InChI is InChI=1S/C12H16F3N.ClH/c1-2-3-4-5-11(16)9-6-8(13)7-10(14)12(9)15;/h6-7,11H,2-5,16H2,1H3;1H/t11-;/m0./s1. The molecule has 0 spiro atoms. The maximum atomic E-state index is 13.3. The van der Waals surface area contributed by atoms with Gasteiger partial charge in [0.05, 0.1) is 0 Å². The maximum absolute atomic E-state index is 13.3. The van der Waals surface area contributed by atoms with E-state index >= 15 is 0 Å². The van der Waals surface area contributed by atoms with Gasteiger partial charge in [0.1, 0.15) is 5.82 Å². The predicted octanol–water partition coefficient (Wildman–Crippen LogP) is 4.11. The molecule has 5 heteroatoms. The minimum Gasteiger partial charge on any atom is -0.324 e. The van der Waals surface area contributed by atoms with Gasteiger partial charge in [-0.1, -0.05) is 26.2 Å². The molecular formula is C12H17ClF3N. The summed E-state index contributed by atoms with van der Waals surface area (Å²) in [6.45, 7) is 2.04. The molecule has 0 amide bonds. The minimum atomic E-state index is -1.18. The topological polar surface area (TPSA) is 26.0 Å². The molecule has 0 bridgehead atoms. The van der Waals surface area contributed by atoms with Crippen molar-refractivity contribution in [3.63, 3.8) is 0 Å². The molecule has 1 nitrogen and oxygen atoms in total. The van der Waals surface area contributed by atoms with E-state index in [-0.39, 0.29) is 18.0 Å². The van der Waals surface area contributed by atoms with Crippen molar-refractivity contribution in [1.82, 2.24) is 0 Å². The van der Waals surface area contributed by atoms with E-state index in [0.29, 0.717) is 12.5 Å². The van der Waals surface area contributed by atoms with Gasteiger partial charge in [0, 0.05) is 17.7 Å². The zero-order valence-electron chi connectivity index (χ0n) is 9.68. The summed E-state index contributed by atoms with van der Waals surface area (Å²) in [6.07, 6.45) is 3.36. The Balaban J connectivity index is 0.00000256. The molecule has 0 aliphatic heterocycles. The van der Waals surface area contributed by atoms with Crippen LogP contribution in [0.25, 0.3) is 0 Å². The van der Waals surface area contributed by atoms with E-state index in [0.717, 1.165) is 25.3 Å². The minimum absolute atomic E-state index is 0. The van der Waals surface area contributed by atoms with Crippen molar-refractivity contribution in [1.29, 1.82) is 0 Å². The van der Waals surface area contributed by atoms with Crippen LogP contribution < -0.4 is 5.73 Å². The van der Waals surface area contributed by atoms with Gasteiger partial charge in [0.15, 0.2) is 11.6 Å². The molecule has 17 heavy (non-hydrogen) atoms. The zero-order chi connectivity index (χ0) is 12.1. The van der Waals surface area contributed by atoms with Gasteiger partial charge in [-0.25, -0.2) is 13.2 Å². The molecule has 0 aliphatic rings. The Labute approximate surface area is 106 Å². The summed E-state index contributed by atoms with van der Waals surface area (Å²) in [5.41, 5.74) is 5.63. The maximum Gasteiger partial charge on any atom is 0.163 e. The van der Waals surface area contributed by atoms with E-state index in [4.69, 9.17) is 5.73 Å². The summed E-state index contributed by atoms with van der Waals surface area (Å²) in [5, 5.41) is 0. The summed E-state index contributed by atoms with van der Waals surface area (Å²) >= 11 is 0. The highest BCUT2D eigenvalue weighted by atomic mass is 35.5. The number of halogens is 4. The first-order valence-corrected chi connectivity index (χ1v) is 5.46. The van der Waals surface area contributed by atoms with Crippen LogP contribution in [-0.2, 0) is 0 Å². The lowest BCUT2D eigenvalue weighted by Crippen LogP contribution is -2.13. The van der Waals surface area contributed by atoms with Crippen LogP contribution >= 0.6 is 12.4 Å². The van der Waals surface area contributed by atoms with Gasteiger partial charge in [0.2, 0.25) is 0 Å². The van der Waals surface area contributed by atoms with E-state index in [2.05, 4.69) is 0 Å². The Morgan fingerprint density at radius 3 is 2.41 bits per heavy atom. The molecule has 0 radical (unpaired) electrons. The van der Waals surface area contributed by atoms with Crippen molar-refractivity contribution in [3.05, 3.63) is 35.1 Å². The van der Waals surface area contributed by atoms with E-state index in [1.165, 1.54) is 0 Å². The molecule has 0 saturated heterocycles. The molecule has 0 unspecified atom stereocenters. The second-order valence-corrected chi connectivity index (χ2v) is 3.89. The third-order valence-electron chi connectivity index (χ3n) is 2.54. The molecule has 1 atom stereocenters. The van der Waals surface area contributed by atoms with Crippen LogP contribution in [0.5, 0.6) is 0 Å². The second kappa shape index (κ2) is 7.56. The van der Waals surface area contributed by atoms with Crippen molar-refractivity contribution >= 4 is 12.4 Å². The molecule has 0 heterocycles. The van der Waals surface area contributed by atoms with Crippen LogP contribution in [0, 0.1) is 17.5 Å². The third-order valence-corrected chi connectivity index (χ3v) is 2.54. The molecule has 1 rings (SSSR count). The highest BCUT2D eigenvalue weighted by Crippen LogP contribution is 2.23. The van der Waals surface area contributed by atoms with Crippen LogP contribution in [0.15, 0.2) is 12.1 Å². The first kappa shape index (κ1) is 16.3. The lowest BCUT2D eigenvalue weighted by molar-refractivity contribution is 0.465. The second-order valence-electron chi connectivity index (χ2n) is 3.89. The third kappa shape index (κ3) is 4.56. The number of nitrogens with two attached hydrogens (primary N) is 1. The van der Waals surface area contributed by atoms with Crippen LogP contribution in [0.3, 0.4) is 0 Å². The van der Waals surface area contributed by atoms with E-state index < -0.39 is 23.5 Å². The first-order chi connectivity index (χ1) is 7.56. The van der Waals surface area contributed by atoms with Crippen LogP contribution in [0.1, 0.15) is 44.2 Å². The zero-order valence-corrected chi connectivity index (χ0v) is 10.5. The van der Waals surface area contributed by atoms with Crippen molar-refractivity contribution in [2.24, 2.45) is 5.73 Å². The lowest BCUT2D eigenvalue weighted by atomic mass is 10.0. The average molecular weight is 268 g/mol. The SMILES string of the molecule is CCCCC[C@H](N)c1cc(F)cc(F)c1F.Cl. The number of unbranched alkanes of at least 4 members (excludes halogenated alkanes) is 2. The number of hydrogen-bond donors (Lipinski definition) is 1.